The number of para-hydroxylation sites is 1. The van der Waals surface area contributed by atoms with Crippen molar-refractivity contribution in [2.45, 2.75) is 6.92 Å². The molecule has 7 rings (SSSR count). The van der Waals surface area contributed by atoms with Crippen molar-refractivity contribution in [3.05, 3.63) is 205 Å². The van der Waals surface area contributed by atoms with Gasteiger partial charge in [-0.2, -0.15) is 0 Å². The summed E-state index contributed by atoms with van der Waals surface area (Å²) in [4.78, 5) is 0. The van der Waals surface area contributed by atoms with Crippen LogP contribution in [0, 0.1) is 12.3 Å². The van der Waals surface area contributed by atoms with Crippen molar-refractivity contribution >= 4 is 62.1 Å². The average molecular weight is 691 g/mol. The van der Waals surface area contributed by atoms with E-state index in [4.69, 9.17) is 21.3 Å². The zero-order valence-electron chi connectivity index (χ0n) is 29.8. The van der Waals surface area contributed by atoms with Crippen LogP contribution in [-0.2, 0) is 0 Å². The van der Waals surface area contributed by atoms with Gasteiger partial charge >= 0.3 is 0 Å². The van der Waals surface area contributed by atoms with Crippen LogP contribution in [0.15, 0.2) is 182 Å². The Balaban J connectivity index is 0.000000616. The van der Waals surface area contributed by atoms with Gasteiger partial charge < -0.3 is 26.6 Å². The third-order valence-electron chi connectivity index (χ3n) is 8.88. The minimum Gasteiger partial charge on any atom is -0.454 e. The van der Waals surface area contributed by atoms with Crippen LogP contribution >= 0.6 is 0 Å². The van der Waals surface area contributed by atoms with Crippen molar-refractivity contribution in [3.8, 4) is 11.1 Å². The number of rotatable bonds is 10. The van der Waals surface area contributed by atoms with Crippen molar-refractivity contribution in [1.29, 1.82) is 5.41 Å². The molecule has 0 radical (unpaired) electrons. The summed E-state index contributed by atoms with van der Waals surface area (Å²) in [7, 11) is 0. The molecule has 0 saturated heterocycles. The average Bonchev–Trinajstić information content (AvgIpc) is 3.57. The van der Waals surface area contributed by atoms with E-state index in [2.05, 4.69) is 62.3 Å². The van der Waals surface area contributed by atoms with Crippen LogP contribution in [0.25, 0.3) is 50.4 Å². The number of hydrogen-bond acceptors (Lipinski definition) is 5. The molecule has 5 heteroatoms. The van der Waals surface area contributed by atoms with E-state index in [-0.39, 0.29) is 0 Å². The van der Waals surface area contributed by atoms with Gasteiger partial charge in [0.1, 0.15) is 5.58 Å². The molecule has 6 N–H and O–H groups in total. The Bertz CT molecular complexity index is 2520. The fourth-order valence-corrected chi connectivity index (χ4v) is 6.07. The molecule has 6 aromatic carbocycles. The van der Waals surface area contributed by atoms with Gasteiger partial charge in [-0.3, -0.25) is 0 Å². The van der Waals surface area contributed by atoms with Crippen LogP contribution < -0.4 is 16.8 Å². The number of aryl methyl sites for hydroxylation is 1. The van der Waals surface area contributed by atoms with Crippen molar-refractivity contribution in [3.63, 3.8) is 0 Å². The summed E-state index contributed by atoms with van der Waals surface area (Å²) in [6.07, 6.45) is 8.89. The number of hydrogen-bond donors (Lipinski definition) is 4. The summed E-state index contributed by atoms with van der Waals surface area (Å²) >= 11 is 0. The molecule has 5 nitrogen and oxygen atoms in total. The molecule has 0 bridgehead atoms. The molecule has 0 aliphatic carbocycles. The van der Waals surface area contributed by atoms with Crippen LogP contribution in [-0.4, -0.2) is 5.71 Å². The van der Waals surface area contributed by atoms with E-state index in [9.17, 15) is 0 Å². The lowest BCUT2D eigenvalue weighted by molar-refractivity contribution is 0.670. The number of benzene rings is 6. The fraction of sp³-hybridized carbons (Fsp3) is 0.0208. The zero-order valence-corrected chi connectivity index (χ0v) is 29.8. The van der Waals surface area contributed by atoms with Gasteiger partial charge in [-0.1, -0.05) is 141 Å². The topological polar surface area (TPSA) is 101 Å². The minimum absolute atomic E-state index is 0.331. The Morgan fingerprint density at radius 2 is 1.43 bits per heavy atom. The van der Waals surface area contributed by atoms with Crippen LogP contribution in [0.1, 0.15) is 27.8 Å². The minimum atomic E-state index is 0.331. The van der Waals surface area contributed by atoms with Gasteiger partial charge in [0.15, 0.2) is 5.58 Å². The molecular weight excluding hydrogens is 649 g/mol. The predicted molar refractivity (Wildman–Crippen MR) is 228 cm³/mol. The van der Waals surface area contributed by atoms with Gasteiger partial charge in [0, 0.05) is 27.8 Å². The Kier molecular flexibility index (Phi) is 11.0. The molecule has 0 fully saturated rings. The standard InChI is InChI=1S/C41H34N4O.C7H8/c1-4-9-26(5-2)30-10-7-11-32(22-30)37(44)25-36(43)29-16-14-28(15-17-29)31-18-21-40-35(24-31)34-12-8-13-39(41(34)46-40)45-38-20-19-33(42)23-27(38)6-3;1-7-5-3-2-4-6-7/h4-25,43,45H,1-3,42,44H2;2-6H,1H3/b26-9+,37-25-,43-36?;. The molecule has 1 aromatic heterocycles. The van der Waals surface area contributed by atoms with Crippen molar-refractivity contribution in [2.24, 2.45) is 5.73 Å². The van der Waals surface area contributed by atoms with E-state index in [0.717, 1.165) is 72.3 Å². The number of nitrogens with one attached hydrogen (secondary N) is 2. The highest BCUT2D eigenvalue weighted by atomic mass is 16.3. The Labute approximate surface area is 311 Å². The Morgan fingerprint density at radius 1 is 0.698 bits per heavy atom. The van der Waals surface area contributed by atoms with Crippen LogP contribution in [0.3, 0.4) is 0 Å². The van der Waals surface area contributed by atoms with Gasteiger partial charge in [-0.05, 0) is 94.4 Å². The van der Waals surface area contributed by atoms with Crippen LogP contribution in [0.2, 0.25) is 0 Å². The second-order valence-corrected chi connectivity index (χ2v) is 12.6. The maximum atomic E-state index is 8.71. The Hall–Kier alpha value is -7.11. The summed E-state index contributed by atoms with van der Waals surface area (Å²) < 4.78 is 6.34. The van der Waals surface area contributed by atoms with E-state index in [1.165, 1.54) is 5.56 Å². The van der Waals surface area contributed by atoms with E-state index >= 15 is 0 Å². The van der Waals surface area contributed by atoms with Crippen molar-refractivity contribution < 1.29 is 4.42 Å². The molecular formula is C48H42N4O. The highest BCUT2D eigenvalue weighted by molar-refractivity contribution is 6.11. The number of nitrogens with two attached hydrogens (primary N) is 2. The van der Waals surface area contributed by atoms with Gasteiger partial charge in [0.05, 0.1) is 11.4 Å². The fourth-order valence-electron chi connectivity index (χ4n) is 6.07. The molecule has 0 amide bonds. The van der Waals surface area contributed by atoms with Crippen LogP contribution in [0.4, 0.5) is 17.1 Å². The molecule has 53 heavy (non-hydrogen) atoms. The largest absolute Gasteiger partial charge is 0.454 e. The summed E-state index contributed by atoms with van der Waals surface area (Å²) in [6.45, 7) is 13.7. The first kappa shape index (κ1) is 35.7. The molecule has 0 spiro atoms. The van der Waals surface area contributed by atoms with Gasteiger partial charge in [-0.15, -0.1) is 0 Å². The third-order valence-corrected chi connectivity index (χ3v) is 8.88. The first-order chi connectivity index (χ1) is 25.8. The lowest BCUT2D eigenvalue weighted by Crippen LogP contribution is -2.03. The maximum absolute atomic E-state index is 8.71. The van der Waals surface area contributed by atoms with Crippen molar-refractivity contribution in [2.75, 3.05) is 11.1 Å². The van der Waals surface area contributed by atoms with Gasteiger partial charge in [-0.25, -0.2) is 0 Å². The Morgan fingerprint density at radius 3 is 2.13 bits per heavy atom. The molecule has 7 aromatic rings. The van der Waals surface area contributed by atoms with Gasteiger partial charge in [0.25, 0.3) is 0 Å². The second kappa shape index (κ2) is 16.3. The smallest absolute Gasteiger partial charge is 0.158 e. The first-order valence-electron chi connectivity index (χ1n) is 17.3. The van der Waals surface area contributed by atoms with E-state index in [0.29, 0.717) is 17.1 Å². The van der Waals surface area contributed by atoms with Gasteiger partial charge in [0.2, 0.25) is 0 Å². The summed E-state index contributed by atoms with van der Waals surface area (Å²) in [6, 6.07) is 44.1. The monoisotopic (exact) mass is 690 g/mol. The third kappa shape index (κ3) is 8.28. The van der Waals surface area contributed by atoms with Crippen molar-refractivity contribution in [1.82, 2.24) is 0 Å². The number of fused-ring (bicyclic) bond motifs is 3. The van der Waals surface area contributed by atoms with E-state index in [1.54, 1.807) is 24.3 Å². The second-order valence-electron chi connectivity index (χ2n) is 12.6. The number of allylic oxidation sites excluding steroid dienone is 5. The predicted octanol–water partition coefficient (Wildman–Crippen LogP) is 12.3. The molecule has 260 valence electrons. The van der Waals surface area contributed by atoms with E-state index < -0.39 is 0 Å². The number of anilines is 3. The molecule has 0 saturated carbocycles. The lowest BCUT2D eigenvalue weighted by atomic mass is 9.98. The summed E-state index contributed by atoms with van der Waals surface area (Å²) in [5, 5.41) is 14.2. The van der Waals surface area contributed by atoms with E-state index in [1.807, 2.05) is 109 Å². The first-order valence-corrected chi connectivity index (χ1v) is 17.3. The van der Waals surface area contributed by atoms with Crippen LogP contribution in [0.5, 0.6) is 0 Å². The number of nitrogen functional groups attached to an aromatic ring is 1. The molecule has 0 unspecified atom stereocenters. The zero-order chi connectivity index (χ0) is 37.3. The maximum Gasteiger partial charge on any atom is 0.158 e. The SMILES string of the molecule is C=C/C=C(\C=C)c1cccc(/C(N)=C/C(=N)c2ccc(-c3ccc4oc5c(Nc6ccc(N)cc6C=C)cccc5c4c3)cc2)c1.Cc1ccccc1. The lowest BCUT2D eigenvalue weighted by Gasteiger charge is -2.11. The molecule has 0 aliphatic heterocycles. The molecule has 1 heterocycles. The highest BCUT2D eigenvalue weighted by Gasteiger charge is 2.13. The summed E-state index contributed by atoms with van der Waals surface area (Å²) in [5.74, 6) is 0. The molecule has 0 aliphatic rings. The quantitative estimate of drug-likeness (QED) is 0.0652. The normalized spacial score (nSPS) is 11.4. The highest BCUT2D eigenvalue weighted by Crippen LogP contribution is 2.37. The molecule has 0 atom stereocenters. The summed E-state index contributed by atoms with van der Waals surface area (Å²) in [5.41, 5.74) is 25.1. The number of furan rings is 1.